The molecule has 0 saturated carbocycles. The second-order valence-corrected chi connectivity index (χ2v) is 2.39. The van der Waals surface area contributed by atoms with Gasteiger partial charge in [0.25, 0.3) is 0 Å². The first-order chi connectivity index (χ1) is 4.72. The van der Waals surface area contributed by atoms with Gasteiger partial charge in [0.1, 0.15) is 5.83 Å². The summed E-state index contributed by atoms with van der Waals surface area (Å²) >= 11 is 0. The molecule has 0 nitrogen and oxygen atoms in total. The van der Waals surface area contributed by atoms with Crippen molar-refractivity contribution in [2.75, 3.05) is 0 Å². The van der Waals surface area contributed by atoms with Crippen molar-refractivity contribution in [1.29, 1.82) is 0 Å². The molecule has 0 amide bonds. The van der Waals surface area contributed by atoms with Crippen LogP contribution in [0.25, 0.3) is 0 Å². The SMILES string of the molecule is C/C=C\C=C(\F)C(C)CC. The number of hydrogen-bond donors (Lipinski definition) is 0. The highest BCUT2D eigenvalue weighted by molar-refractivity contribution is 5.07. The lowest BCUT2D eigenvalue weighted by molar-refractivity contribution is 0.483. The van der Waals surface area contributed by atoms with Gasteiger partial charge in [-0.15, -0.1) is 0 Å². The second kappa shape index (κ2) is 5.21. The van der Waals surface area contributed by atoms with Crippen molar-refractivity contribution in [2.45, 2.75) is 27.2 Å². The van der Waals surface area contributed by atoms with E-state index in [-0.39, 0.29) is 11.7 Å². The van der Waals surface area contributed by atoms with Crippen molar-refractivity contribution >= 4 is 0 Å². The van der Waals surface area contributed by atoms with Crippen molar-refractivity contribution in [1.82, 2.24) is 0 Å². The average molecular weight is 142 g/mol. The monoisotopic (exact) mass is 142 g/mol. The van der Waals surface area contributed by atoms with Crippen LogP contribution in [0.3, 0.4) is 0 Å². The summed E-state index contributed by atoms with van der Waals surface area (Å²) in [6, 6.07) is 0. The van der Waals surface area contributed by atoms with E-state index >= 15 is 0 Å². The molecule has 0 aliphatic carbocycles. The van der Waals surface area contributed by atoms with Crippen LogP contribution in [0.4, 0.5) is 4.39 Å². The fourth-order valence-corrected chi connectivity index (χ4v) is 0.547. The Morgan fingerprint density at radius 1 is 1.60 bits per heavy atom. The summed E-state index contributed by atoms with van der Waals surface area (Å²) in [6.45, 7) is 5.74. The molecule has 0 saturated heterocycles. The fourth-order valence-electron chi connectivity index (χ4n) is 0.547. The van der Waals surface area contributed by atoms with Crippen LogP contribution in [0.5, 0.6) is 0 Å². The normalized spacial score (nSPS) is 16.2. The highest BCUT2D eigenvalue weighted by Crippen LogP contribution is 2.14. The Labute approximate surface area is 62.4 Å². The molecule has 58 valence electrons. The minimum absolute atomic E-state index is 0.0272. The summed E-state index contributed by atoms with van der Waals surface area (Å²) in [5.41, 5.74) is 0. The molecule has 0 N–H and O–H groups in total. The Morgan fingerprint density at radius 3 is 2.60 bits per heavy atom. The molecule has 1 atom stereocenters. The van der Waals surface area contributed by atoms with Gasteiger partial charge in [-0.2, -0.15) is 0 Å². The van der Waals surface area contributed by atoms with Gasteiger partial charge in [-0.3, -0.25) is 0 Å². The quantitative estimate of drug-likeness (QED) is 0.529. The van der Waals surface area contributed by atoms with E-state index in [0.717, 1.165) is 6.42 Å². The van der Waals surface area contributed by atoms with Crippen LogP contribution in [-0.2, 0) is 0 Å². The van der Waals surface area contributed by atoms with Crippen LogP contribution in [0.15, 0.2) is 24.1 Å². The lowest BCUT2D eigenvalue weighted by atomic mass is 10.1. The van der Waals surface area contributed by atoms with E-state index in [1.54, 1.807) is 6.08 Å². The largest absolute Gasteiger partial charge is 0.212 e. The Kier molecular flexibility index (Phi) is 4.91. The standard InChI is InChI=1S/C9H15F/c1-4-6-7-9(10)8(3)5-2/h4,6-8H,5H2,1-3H3/b6-4-,9-7+. The Hall–Kier alpha value is -0.590. The molecule has 0 bridgehead atoms. The highest BCUT2D eigenvalue weighted by Gasteiger charge is 2.02. The van der Waals surface area contributed by atoms with E-state index < -0.39 is 0 Å². The second-order valence-electron chi connectivity index (χ2n) is 2.39. The maximum Gasteiger partial charge on any atom is 0.103 e. The minimum atomic E-state index is -0.0272. The van der Waals surface area contributed by atoms with Gasteiger partial charge in [0.05, 0.1) is 0 Å². The number of hydrogen-bond acceptors (Lipinski definition) is 0. The van der Waals surface area contributed by atoms with E-state index in [1.165, 1.54) is 6.08 Å². The molecule has 0 aliphatic rings. The first-order valence-electron chi connectivity index (χ1n) is 3.70. The molecule has 0 aliphatic heterocycles. The molecule has 1 heteroatoms. The summed E-state index contributed by atoms with van der Waals surface area (Å²) < 4.78 is 12.8. The summed E-state index contributed by atoms with van der Waals surface area (Å²) in [5.74, 6) is 0.0387. The maximum atomic E-state index is 12.8. The van der Waals surface area contributed by atoms with Crippen molar-refractivity contribution in [3.8, 4) is 0 Å². The van der Waals surface area contributed by atoms with Gasteiger partial charge in [0.2, 0.25) is 0 Å². The van der Waals surface area contributed by atoms with Gasteiger partial charge in [0.15, 0.2) is 0 Å². The molecule has 0 rings (SSSR count). The zero-order chi connectivity index (χ0) is 7.98. The first-order valence-corrected chi connectivity index (χ1v) is 3.70. The van der Waals surface area contributed by atoms with Crippen molar-refractivity contribution < 1.29 is 4.39 Å². The van der Waals surface area contributed by atoms with E-state index in [1.807, 2.05) is 26.8 Å². The van der Waals surface area contributed by atoms with Crippen molar-refractivity contribution in [3.05, 3.63) is 24.1 Å². The molecular formula is C9H15F. The first kappa shape index (κ1) is 9.41. The van der Waals surface area contributed by atoms with Crippen molar-refractivity contribution in [2.24, 2.45) is 5.92 Å². The molecular weight excluding hydrogens is 127 g/mol. The molecule has 0 aromatic rings. The minimum Gasteiger partial charge on any atom is -0.212 e. The Balaban J connectivity index is 3.91. The van der Waals surface area contributed by atoms with Gasteiger partial charge in [-0.05, 0) is 19.4 Å². The van der Waals surface area contributed by atoms with E-state index in [9.17, 15) is 4.39 Å². The molecule has 0 spiro atoms. The molecule has 10 heavy (non-hydrogen) atoms. The van der Waals surface area contributed by atoms with Crippen LogP contribution >= 0.6 is 0 Å². The third kappa shape index (κ3) is 3.44. The lowest BCUT2D eigenvalue weighted by Crippen LogP contribution is -1.90. The van der Waals surface area contributed by atoms with Gasteiger partial charge in [0, 0.05) is 5.92 Å². The smallest absolute Gasteiger partial charge is 0.103 e. The maximum absolute atomic E-state index is 12.8. The average Bonchev–Trinajstić information content (AvgIpc) is 1.98. The summed E-state index contributed by atoms with van der Waals surface area (Å²) in [6.07, 6.45) is 5.93. The molecule has 1 unspecified atom stereocenters. The number of allylic oxidation sites excluding steroid dienone is 4. The predicted octanol–water partition coefficient (Wildman–Crippen LogP) is 3.46. The zero-order valence-electron chi connectivity index (χ0n) is 6.89. The van der Waals surface area contributed by atoms with E-state index in [4.69, 9.17) is 0 Å². The van der Waals surface area contributed by atoms with Gasteiger partial charge < -0.3 is 0 Å². The predicted molar refractivity (Wildman–Crippen MR) is 43.5 cm³/mol. The topological polar surface area (TPSA) is 0 Å². The molecule has 0 aromatic heterocycles. The zero-order valence-corrected chi connectivity index (χ0v) is 6.89. The van der Waals surface area contributed by atoms with Crippen molar-refractivity contribution in [3.63, 3.8) is 0 Å². The van der Waals surface area contributed by atoms with E-state index in [2.05, 4.69) is 0 Å². The van der Waals surface area contributed by atoms with Crippen LogP contribution < -0.4 is 0 Å². The number of halogens is 1. The third-order valence-corrected chi connectivity index (χ3v) is 1.53. The summed E-state index contributed by atoms with van der Waals surface area (Å²) in [5, 5.41) is 0. The fraction of sp³-hybridized carbons (Fsp3) is 0.556. The molecule has 0 heterocycles. The summed E-state index contributed by atoms with van der Waals surface area (Å²) in [7, 11) is 0. The number of rotatable bonds is 3. The van der Waals surface area contributed by atoms with Crippen LogP contribution in [0.1, 0.15) is 27.2 Å². The molecule has 0 aromatic carbocycles. The molecule has 0 fully saturated rings. The van der Waals surface area contributed by atoms with Gasteiger partial charge in [-0.25, -0.2) is 4.39 Å². The van der Waals surface area contributed by atoms with Gasteiger partial charge in [-0.1, -0.05) is 26.0 Å². The third-order valence-electron chi connectivity index (χ3n) is 1.53. The molecule has 0 radical (unpaired) electrons. The van der Waals surface area contributed by atoms with Gasteiger partial charge >= 0.3 is 0 Å². The van der Waals surface area contributed by atoms with E-state index in [0.29, 0.717) is 0 Å². The Bertz CT molecular complexity index is 134. The summed E-state index contributed by atoms with van der Waals surface area (Å²) in [4.78, 5) is 0. The Morgan fingerprint density at radius 2 is 2.20 bits per heavy atom. The highest BCUT2D eigenvalue weighted by atomic mass is 19.1. The van der Waals surface area contributed by atoms with Crippen LogP contribution in [0, 0.1) is 5.92 Å². The van der Waals surface area contributed by atoms with Crippen LogP contribution in [-0.4, -0.2) is 0 Å². The lowest BCUT2D eigenvalue weighted by Gasteiger charge is -2.02. The van der Waals surface area contributed by atoms with Crippen LogP contribution in [0.2, 0.25) is 0 Å².